The minimum absolute atomic E-state index is 0.0731. The first-order chi connectivity index (χ1) is 10.3. The molecule has 0 aliphatic carbocycles. The number of benzene rings is 1. The second-order valence-electron chi connectivity index (χ2n) is 6.31. The van der Waals surface area contributed by atoms with Gasteiger partial charge < -0.3 is 15.5 Å². The number of nitrogens with one attached hydrogen (secondary N) is 2. The summed E-state index contributed by atoms with van der Waals surface area (Å²) in [4.78, 5) is 18.3. The third kappa shape index (κ3) is 7.11. The smallest absolute Gasteiger partial charge is 0.242 e. The van der Waals surface area contributed by atoms with E-state index >= 15 is 0 Å². The third-order valence-corrected chi connectivity index (χ3v) is 2.85. The Kier molecular flexibility index (Phi) is 6.89. The third-order valence-electron chi connectivity index (χ3n) is 2.85. The highest BCUT2D eigenvalue weighted by Crippen LogP contribution is 2.03. The monoisotopic (exact) mass is 304 g/mol. The fraction of sp³-hybridized carbons (Fsp3) is 0.529. The van der Waals surface area contributed by atoms with Crippen molar-refractivity contribution in [3.8, 4) is 0 Å². The Morgan fingerprint density at radius 1 is 1.23 bits per heavy atom. The Bertz CT molecular complexity index is 491. The van der Waals surface area contributed by atoms with Crippen LogP contribution in [-0.4, -0.2) is 42.4 Å². The molecule has 0 unspecified atom stereocenters. The molecule has 5 nitrogen and oxygen atoms in total. The second kappa shape index (κ2) is 8.41. The van der Waals surface area contributed by atoms with Crippen LogP contribution in [0.2, 0.25) is 0 Å². The van der Waals surface area contributed by atoms with Gasteiger partial charge in [-0.2, -0.15) is 0 Å². The Labute approximate surface area is 133 Å². The quantitative estimate of drug-likeness (QED) is 0.646. The molecule has 22 heavy (non-hydrogen) atoms. The van der Waals surface area contributed by atoms with Crippen LogP contribution < -0.4 is 10.6 Å². The first-order valence-corrected chi connectivity index (χ1v) is 7.66. The van der Waals surface area contributed by atoms with Gasteiger partial charge in [-0.1, -0.05) is 30.3 Å². The summed E-state index contributed by atoms with van der Waals surface area (Å²) in [6, 6.07) is 10.2. The summed E-state index contributed by atoms with van der Waals surface area (Å²) in [5.41, 5.74) is 0.968. The average molecular weight is 304 g/mol. The molecule has 0 atom stereocenters. The lowest BCUT2D eigenvalue weighted by molar-refractivity contribution is -0.121. The van der Waals surface area contributed by atoms with Gasteiger partial charge in [0.2, 0.25) is 5.91 Å². The number of rotatable bonds is 5. The molecule has 0 radical (unpaired) electrons. The molecule has 0 aromatic heterocycles. The predicted molar refractivity (Wildman–Crippen MR) is 91.8 cm³/mol. The van der Waals surface area contributed by atoms with E-state index in [0.29, 0.717) is 0 Å². The van der Waals surface area contributed by atoms with Crippen molar-refractivity contribution in [2.45, 2.75) is 39.8 Å². The number of hydrogen-bond donors (Lipinski definition) is 2. The molecule has 122 valence electrons. The van der Waals surface area contributed by atoms with Crippen LogP contribution in [0, 0.1) is 0 Å². The first-order valence-electron chi connectivity index (χ1n) is 7.66. The van der Waals surface area contributed by atoms with Crippen molar-refractivity contribution in [1.82, 2.24) is 15.5 Å². The lowest BCUT2D eigenvalue weighted by Gasteiger charge is -2.23. The van der Waals surface area contributed by atoms with Gasteiger partial charge in [0.25, 0.3) is 0 Å². The lowest BCUT2D eigenvalue weighted by atomic mass is 10.1. The molecule has 5 heteroatoms. The van der Waals surface area contributed by atoms with E-state index in [1.54, 1.807) is 0 Å². The molecular weight excluding hydrogens is 276 g/mol. The summed E-state index contributed by atoms with van der Waals surface area (Å²) < 4.78 is 0. The van der Waals surface area contributed by atoms with Gasteiger partial charge in [-0.05, 0) is 33.3 Å². The maximum Gasteiger partial charge on any atom is 0.242 e. The maximum atomic E-state index is 11.9. The Balaban J connectivity index is 2.66. The van der Waals surface area contributed by atoms with Crippen LogP contribution in [0.15, 0.2) is 35.3 Å². The molecule has 0 bridgehead atoms. The highest BCUT2D eigenvalue weighted by molar-refractivity contribution is 5.85. The van der Waals surface area contributed by atoms with Gasteiger partial charge in [0.1, 0.15) is 6.54 Å². The molecular formula is C17H28N4O. The summed E-state index contributed by atoms with van der Waals surface area (Å²) in [6.45, 7) is 9.52. The van der Waals surface area contributed by atoms with Crippen molar-refractivity contribution in [2.24, 2.45) is 4.99 Å². The first kappa shape index (κ1) is 18.0. The highest BCUT2D eigenvalue weighted by Gasteiger charge is 2.14. The van der Waals surface area contributed by atoms with Gasteiger partial charge in [-0.25, -0.2) is 4.99 Å². The van der Waals surface area contributed by atoms with Gasteiger partial charge in [0.15, 0.2) is 5.96 Å². The molecule has 0 spiro atoms. The van der Waals surface area contributed by atoms with Gasteiger partial charge in [-0.3, -0.25) is 4.79 Å². The Morgan fingerprint density at radius 2 is 1.86 bits per heavy atom. The summed E-state index contributed by atoms with van der Waals surface area (Å²) in [7, 11) is 1.97. The summed E-state index contributed by atoms with van der Waals surface area (Å²) in [5, 5.41) is 6.13. The normalized spacial score (nSPS) is 12.0. The van der Waals surface area contributed by atoms with E-state index in [1.165, 1.54) is 5.56 Å². The molecule has 0 aliphatic rings. The number of amides is 1. The SMILES string of the molecule is CCNC(=NCC(=O)NC(C)(C)C)N(C)Cc1ccccc1. The van der Waals surface area contributed by atoms with Gasteiger partial charge >= 0.3 is 0 Å². The van der Waals surface area contributed by atoms with E-state index in [1.807, 2.05) is 57.8 Å². The van der Waals surface area contributed by atoms with Crippen LogP contribution in [0.4, 0.5) is 0 Å². The van der Waals surface area contributed by atoms with Crippen molar-refractivity contribution in [2.75, 3.05) is 20.1 Å². The topological polar surface area (TPSA) is 56.7 Å². The van der Waals surface area contributed by atoms with Crippen molar-refractivity contribution in [3.05, 3.63) is 35.9 Å². The van der Waals surface area contributed by atoms with Crippen LogP contribution in [-0.2, 0) is 11.3 Å². The van der Waals surface area contributed by atoms with Crippen molar-refractivity contribution >= 4 is 11.9 Å². The highest BCUT2D eigenvalue weighted by atomic mass is 16.2. The maximum absolute atomic E-state index is 11.9. The summed E-state index contributed by atoms with van der Waals surface area (Å²) in [5.74, 6) is 0.659. The van der Waals surface area contributed by atoms with Gasteiger partial charge in [-0.15, -0.1) is 0 Å². The fourth-order valence-corrected chi connectivity index (χ4v) is 2.01. The summed E-state index contributed by atoms with van der Waals surface area (Å²) in [6.07, 6.45) is 0. The molecule has 0 aliphatic heterocycles. The van der Waals surface area contributed by atoms with Crippen LogP contribution in [0.1, 0.15) is 33.3 Å². The predicted octanol–water partition coefficient (Wildman–Crippen LogP) is 2.00. The van der Waals surface area contributed by atoms with Crippen LogP contribution >= 0.6 is 0 Å². The molecule has 0 saturated carbocycles. The van der Waals surface area contributed by atoms with E-state index in [0.717, 1.165) is 19.0 Å². The number of nitrogens with zero attached hydrogens (tertiary/aromatic N) is 2. The van der Waals surface area contributed by atoms with E-state index in [9.17, 15) is 4.79 Å². The number of hydrogen-bond acceptors (Lipinski definition) is 2. The molecule has 0 fully saturated rings. The molecule has 1 amide bonds. The standard InChI is InChI=1S/C17H28N4O/c1-6-18-16(19-12-15(22)20-17(2,3)4)21(5)13-14-10-8-7-9-11-14/h7-11H,6,12-13H2,1-5H3,(H,18,19)(H,20,22). The minimum Gasteiger partial charge on any atom is -0.357 e. The lowest BCUT2D eigenvalue weighted by Crippen LogP contribution is -2.43. The van der Waals surface area contributed by atoms with E-state index in [4.69, 9.17) is 0 Å². The van der Waals surface area contributed by atoms with Crippen molar-refractivity contribution in [1.29, 1.82) is 0 Å². The molecule has 1 aromatic carbocycles. The van der Waals surface area contributed by atoms with Crippen LogP contribution in [0.25, 0.3) is 0 Å². The summed E-state index contributed by atoms with van der Waals surface area (Å²) >= 11 is 0. The second-order valence-corrected chi connectivity index (χ2v) is 6.31. The van der Waals surface area contributed by atoms with Crippen molar-refractivity contribution in [3.63, 3.8) is 0 Å². The number of carbonyl (C=O) groups excluding carboxylic acids is 1. The Morgan fingerprint density at radius 3 is 2.41 bits per heavy atom. The minimum atomic E-state index is -0.235. The Hall–Kier alpha value is -2.04. The van der Waals surface area contributed by atoms with Crippen LogP contribution in [0.3, 0.4) is 0 Å². The average Bonchev–Trinajstić information content (AvgIpc) is 2.42. The molecule has 0 heterocycles. The van der Waals surface area contributed by atoms with Gasteiger partial charge in [0.05, 0.1) is 0 Å². The molecule has 2 N–H and O–H groups in total. The number of carbonyl (C=O) groups is 1. The van der Waals surface area contributed by atoms with E-state index in [2.05, 4.69) is 27.8 Å². The molecule has 1 aromatic rings. The van der Waals surface area contributed by atoms with Crippen molar-refractivity contribution < 1.29 is 4.79 Å². The zero-order chi connectivity index (χ0) is 16.6. The van der Waals surface area contributed by atoms with Crippen LogP contribution in [0.5, 0.6) is 0 Å². The fourth-order valence-electron chi connectivity index (χ4n) is 2.01. The number of aliphatic imine (C=N–C) groups is 1. The van der Waals surface area contributed by atoms with E-state index < -0.39 is 0 Å². The van der Waals surface area contributed by atoms with E-state index in [-0.39, 0.29) is 18.0 Å². The van der Waals surface area contributed by atoms with Gasteiger partial charge in [0, 0.05) is 25.7 Å². The zero-order valence-corrected chi connectivity index (χ0v) is 14.3. The molecule has 0 saturated heterocycles. The number of guanidine groups is 1. The largest absolute Gasteiger partial charge is 0.357 e. The zero-order valence-electron chi connectivity index (χ0n) is 14.3. The molecule has 1 rings (SSSR count).